The number of amides is 1. The maximum absolute atomic E-state index is 12.0. The summed E-state index contributed by atoms with van der Waals surface area (Å²) in [7, 11) is 0. The fraction of sp³-hybridized carbons (Fsp3) is 0.167. The van der Waals surface area contributed by atoms with Gasteiger partial charge in [-0.2, -0.15) is 0 Å². The molecule has 0 bridgehead atoms. The number of hydrogen-bond donors (Lipinski definition) is 1. The van der Waals surface area contributed by atoms with Crippen molar-refractivity contribution in [2.24, 2.45) is 0 Å². The van der Waals surface area contributed by atoms with E-state index < -0.39 is 0 Å². The lowest BCUT2D eigenvalue weighted by molar-refractivity contribution is -0.123. The molecule has 1 N–H and O–H groups in total. The second kappa shape index (κ2) is 6.87. The minimum Gasteiger partial charge on any atom is -0.484 e. The van der Waals surface area contributed by atoms with E-state index in [1.54, 1.807) is 6.07 Å². The minimum absolute atomic E-state index is 0.0407. The van der Waals surface area contributed by atoms with E-state index in [9.17, 15) is 4.79 Å². The van der Waals surface area contributed by atoms with Gasteiger partial charge in [0.25, 0.3) is 5.91 Å². The van der Waals surface area contributed by atoms with Crippen LogP contribution >= 0.6 is 15.9 Å². The monoisotopic (exact) mass is 373 g/mol. The second-order valence-corrected chi connectivity index (χ2v) is 6.14. The highest BCUT2D eigenvalue weighted by molar-refractivity contribution is 9.10. The molecule has 0 saturated carbocycles. The Bertz CT molecular complexity index is 795. The molecule has 0 aliphatic heterocycles. The summed E-state index contributed by atoms with van der Waals surface area (Å²) in [6.07, 6.45) is 0. The summed E-state index contributed by atoms with van der Waals surface area (Å²) >= 11 is 3.36. The molecule has 1 aromatic heterocycles. The molecule has 1 atom stereocenters. The first kappa shape index (κ1) is 15.6. The van der Waals surface area contributed by atoms with Gasteiger partial charge in [-0.25, -0.2) is 0 Å². The van der Waals surface area contributed by atoms with Crippen molar-refractivity contribution in [2.45, 2.75) is 13.0 Å². The van der Waals surface area contributed by atoms with Gasteiger partial charge in [0, 0.05) is 9.86 Å². The highest BCUT2D eigenvalue weighted by Gasteiger charge is 2.14. The standard InChI is InChI=1S/C18H16BrNO3/c1-12(17-9-13-5-2-3-8-16(13)23-17)20-18(21)11-22-15-7-4-6-14(19)10-15/h2-10,12H,11H2,1H3,(H,20,21)/t12-/m1/s1. The molecule has 0 unspecified atom stereocenters. The molecule has 3 rings (SSSR count). The summed E-state index contributed by atoms with van der Waals surface area (Å²) < 4.78 is 12.1. The number of para-hydroxylation sites is 1. The van der Waals surface area contributed by atoms with Gasteiger partial charge in [-0.3, -0.25) is 4.79 Å². The normalized spacial score (nSPS) is 12.1. The zero-order chi connectivity index (χ0) is 16.2. The topological polar surface area (TPSA) is 51.5 Å². The van der Waals surface area contributed by atoms with Crippen LogP contribution in [-0.4, -0.2) is 12.5 Å². The third-order valence-corrected chi connectivity index (χ3v) is 3.91. The molecule has 0 aliphatic rings. The molecular formula is C18H16BrNO3. The van der Waals surface area contributed by atoms with Gasteiger partial charge in [-0.1, -0.05) is 40.2 Å². The smallest absolute Gasteiger partial charge is 0.258 e. The number of rotatable bonds is 5. The maximum atomic E-state index is 12.0. The zero-order valence-corrected chi connectivity index (χ0v) is 14.2. The van der Waals surface area contributed by atoms with Crippen LogP contribution in [-0.2, 0) is 4.79 Å². The van der Waals surface area contributed by atoms with E-state index in [0.717, 1.165) is 21.2 Å². The number of halogens is 1. The Hall–Kier alpha value is -2.27. The summed E-state index contributed by atoms with van der Waals surface area (Å²) in [4.78, 5) is 12.0. The highest BCUT2D eigenvalue weighted by atomic mass is 79.9. The van der Waals surface area contributed by atoms with Crippen LogP contribution in [0.1, 0.15) is 18.7 Å². The fourth-order valence-corrected chi connectivity index (χ4v) is 2.65. The van der Waals surface area contributed by atoms with Crippen molar-refractivity contribution in [1.29, 1.82) is 0 Å². The number of hydrogen-bond acceptors (Lipinski definition) is 3. The van der Waals surface area contributed by atoms with Crippen molar-refractivity contribution in [3.8, 4) is 5.75 Å². The van der Waals surface area contributed by atoms with Gasteiger partial charge in [0.05, 0.1) is 6.04 Å². The van der Waals surface area contributed by atoms with Crippen LogP contribution in [0.2, 0.25) is 0 Å². The van der Waals surface area contributed by atoms with Gasteiger partial charge in [0.1, 0.15) is 17.1 Å². The SMILES string of the molecule is C[C@@H](NC(=O)COc1cccc(Br)c1)c1cc2ccccc2o1. The highest BCUT2D eigenvalue weighted by Crippen LogP contribution is 2.23. The summed E-state index contributed by atoms with van der Waals surface area (Å²) in [6.45, 7) is 1.84. The molecule has 0 saturated heterocycles. The third-order valence-electron chi connectivity index (χ3n) is 3.41. The first-order valence-corrected chi connectivity index (χ1v) is 8.07. The van der Waals surface area contributed by atoms with E-state index in [2.05, 4.69) is 21.2 Å². The maximum Gasteiger partial charge on any atom is 0.258 e. The van der Waals surface area contributed by atoms with E-state index in [0.29, 0.717) is 5.75 Å². The molecule has 2 aromatic carbocycles. The van der Waals surface area contributed by atoms with E-state index in [1.165, 1.54) is 0 Å². The van der Waals surface area contributed by atoms with Crippen molar-refractivity contribution in [2.75, 3.05) is 6.61 Å². The number of ether oxygens (including phenoxy) is 1. The van der Waals surface area contributed by atoms with E-state index >= 15 is 0 Å². The minimum atomic E-state index is -0.221. The Labute approximate surface area is 142 Å². The van der Waals surface area contributed by atoms with Crippen LogP contribution in [0.4, 0.5) is 0 Å². The predicted molar refractivity (Wildman–Crippen MR) is 92.4 cm³/mol. The van der Waals surface area contributed by atoms with Crippen LogP contribution in [0, 0.1) is 0 Å². The van der Waals surface area contributed by atoms with Crippen molar-refractivity contribution in [3.05, 3.63) is 64.8 Å². The molecule has 23 heavy (non-hydrogen) atoms. The van der Waals surface area contributed by atoms with Crippen molar-refractivity contribution in [1.82, 2.24) is 5.32 Å². The average Bonchev–Trinajstić information content (AvgIpc) is 2.97. The average molecular weight is 374 g/mol. The van der Waals surface area contributed by atoms with Crippen LogP contribution < -0.4 is 10.1 Å². The molecule has 0 aliphatic carbocycles. The zero-order valence-electron chi connectivity index (χ0n) is 12.6. The van der Waals surface area contributed by atoms with E-state index in [1.807, 2.05) is 55.5 Å². The lowest BCUT2D eigenvalue weighted by atomic mass is 10.2. The molecule has 5 heteroatoms. The van der Waals surface area contributed by atoms with Crippen LogP contribution in [0.5, 0.6) is 5.75 Å². The molecule has 1 heterocycles. The largest absolute Gasteiger partial charge is 0.484 e. The van der Waals surface area contributed by atoms with Crippen LogP contribution in [0.25, 0.3) is 11.0 Å². The van der Waals surface area contributed by atoms with E-state index in [-0.39, 0.29) is 18.6 Å². The number of furan rings is 1. The van der Waals surface area contributed by atoms with Gasteiger partial charge in [0.15, 0.2) is 6.61 Å². The first-order chi connectivity index (χ1) is 11.1. The molecule has 0 radical (unpaired) electrons. The molecule has 0 fully saturated rings. The fourth-order valence-electron chi connectivity index (χ4n) is 2.28. The van der Waals surface area contributed by atoms with Gasteiger partial charge >= 0.3 is 0 Å². The van der Waals surface area contributed by atoms with Crippen molar-refractivity contribution >= 4 is 32.8 Å². The summed E-state index contributed by atoms with van der Waals surface area (Å²) in [5, 5.41) is 3.89. The lowest BCUT2D eigenvalue weighted by Gasteiger charge is -2.12. The predicted octanol–water partition coefficient (Wildman–Crippen LogP) is 4.45. The first-order valence-electron chi connectivity index (χ1n) is 7.28. The molecule has 1 amide bonds. The Morgan fingerprint density at radius 3 is 2.83 bits per heavy atom. The van der Waals surface area contributed by atoms with Crippen molar-refractivity contribution < 1.29 is 13.9 Å². The summed E-state index contributed by atoms with van der Waals surface area (Å²) in [6, 6.07) is 16.9. The Balaban J connectivity index is 1.58. The number of nitrogens with one attached hydrogen (secondary N) is 1. The lowest BCUT2D eigenvalue weighted by Crippen LogP contribution is -2.31. The summed E-state index contributed by atoms with van der Waals surface area (Å²) in [5.41, 5.74) is 0.814. The number of carbonyl (C=O) groups is 1. The van der Waals surface area contributed by atoms with Crippen molar-refractivity contribution in [3.63, 3.8) is 0 Å². The van der Waals surface area contributed by atoms with Gasteiger partial charge in [0.2, 0.25) is 0 Å². The molecule has 118 valence electrons. The van der Waals surface area contributed by atoms with E-state index in [4.69, 9.17) is 9.15 Å². The Morgan fingerprint density at radius 1 is 1.22 bits per heavy atom. The second-order valence-electron chi connectivity index (χ2n) is 5.22. The molecule has 4 nitrogen and oxygen atoms in total. The number of benzene rings is 2. The number of fused-ring (bicyclic) bond motifs is 1. The molecule has 3 aromatic rings. The Morgan fingerprint density at radius 2 is 2.04 bits per heavy atom. The third kappa shape index (κ3) is 3.93. The van der Waals surface area contributed by atoms with Crippen LogP contribution in [0.3, 0.4) is 0 Å². The van der Waals surface area contributed by atoms with Gasteiger partial charge in [-0.05, 0) is 37.3 Å². The number of carbonyl (C=O) groups excluding carboxylic acids is 1. The quantitative estimate of drug-likeness (QED) is 0.718. The van der Waals surface area contributed by atoms with Gasteiger partial charge in [-0.15, -0.1) is 0 Å². The molecule has 0 spiro atoms. The van der Waals surface area contributed by atoms with Crippen LogP contribution in [0.15, 0.2) is 63.5 Å². The molecular weight excluding hydrogens is 358 g/mol. The Kier molecular flexibility index (Phi) is 4.67. The summed E-state index contributed by atoms with van der Waals surface area (Å²) in [5.74, 6) is 1.17. The van der Waals surface area contributed by atoms with Gasteiger partial charge < -0.3 is 14.5 Å².